The Bertz CT molecular complexity index is 1560. The number of imidazole rings is 1. The summed E-state index contributed by atoms with van der Waals surface area (Å²) in [5.41, 5.74) is 13.8. The van der Waals surface area contributed by atoms with Crippen LogP contribution in [0.3, 0.4) is 0 Å². The predicted octanol–water partition coefficient (Wildman–Crippen LogP) is 7.96. The van der Waals surface area contributed by atoms with Gasteiger partial charge in [0.05, 0.1) is 11.2 Å². The van der Waals surface area contributed by atoms with Crippen molar-refractivity contribution in [2.45, 2.75) is 39.5 Å². The molecule has 0 unspecified atom stereocenters. The van der Waals surface area contributed by atoms with Crippen molar-refractivity contribution in [3.8, 4) is 11.3 Å². The van der Waals surface area contributed by atoms with Crippen LogP contribution in [0.15, 0.2) is 115 Å². The van der Waals surface area contributed by atoms with Gasteiger partial charge >= 0.3 is 0 Å². The molecule has 4 rings (SSSR count). The molecule has 0 saturated heterocycles. The maximum Gasteiger partial charge on any atom is 0.138 e. The fourth-order valence-electron chi connectivity index (χ4n) is 5.19. The van der Waals surface area contributed by atoms with E-state index < -0.39 is 0 Å². The summed E-state index contributed by atoms with van der Waals surface area (Å²) in [4.78, 5) is 12.6. The molecule has 6 heteroatoms. The molecule has 0 spiro atoms. The van der Waals surface area contributed by atoms with Crippen molar-refractivity contribution in [2.24, 2.45) is 11.7 Å². The molecule has 3 aromatic rings. The first-order valence-corrected chi connectivity index (χ1v) is 14.2. The fraction of sp³-hybridized carbons (Fsp3) is 0.257. The van der Waals surface area contributed by atoms with Crippen molar-refractivity contribution in [1.82, 2.24) is 20.3 Å². The Labute approximate surface area is 242 Å². The van der Waals surface area contributed by atoms with Crippen LogP contribution < -0.4 is 11.1 Å². The van der Waals surface area contributed by atoms with E-state index in [1.165, 1.54) is 37.8 Å². The third-order valence-electron chi connectivity index (χ3n) is 7.57. The molecule has 0 atom stereocenters. The van der Waals surface area contributed by atoms with Crippen LogP contribution in [0.2, 0.25) is 0 Å². The highest BCUT2D eigenvalue weighted by atomic mass is 19.1. The van der Waals surface area contributed by atoms with Crippen LogP contribution in [0, 0.1) is 11.7 Å². The molecule has 212 valence electrons. The van der Waals surface area contributed by atoms with Crippen molar-refractivity contribution in [3.05, 3.63) is 126 Å². The maximum atomic E-state index is 13.9. The molecule has 2 heterocycles. The van der Waals surface area contributed by atoms with Gasteiger partial charge in [0.15, 0.2) is 0 Å². The van der Waals surface area contributed by atoms with Crippen LogP contribution in [0.5, 0.6) is 0 Å². The standard InChI is InChI=1S/C35H40FN5/c1-6-25(21-38-22-26-12-9-10-13-26)19-27(7-2)23(4)18-30(31(37)8-3)24(5)35-40-32-16-17-39-33(34(32)41-35)28-14-11-15-29(36)20-28/h6-8,11,14-20,26,38H,1,4-5,9-10,12-13,21-22,37H2,2-3H3,(H,40,41)/b25-19+,27-7+,30-18-,31-8+. The summed E-state index contributed by atoms with van der Waals surface area (Å²) in [5, 5.41) is 3.59. The van der Waals surface area contributed by atoms with Gasteiger partial charge in [0.25, 0.3) is 0 Å². The average Bonchev–Trinajstić information content (AvgIpc) is 3.67. The zero-order chi connectivity index (χ0) is 29.4. The van der Waals surface area contributed by atoms with Gasteiger partial charge in [-0.05, 0) is 80.1 Å². The number of aromatic nitrogens is 3. The Morgan fingerprint density at radius 1 is 1.15 bits per heavy atom. The van der Waals surface area contributed by atoms with Gasteiger partial charge in [-0.3, -0.25) is 4.98 Å². The lowest BCUT2D eigenvalue weighted by Crippen LogP contribution is -2.23. The highest BCUT2D eigenvalue weighted by Crippen LogP contribution is 2.31. The van der Waals surface area contributed by atoms with Crippen LogP contribution in [0.25, 0.3) is 27.9 Å². The van der Waals surface area contributed by atoms with Gasteiger partial charge in [-0.2, -0.15) is 0 Å². The molecule has 41 heavy (non-hydrogen) atoms. The van der Waals surface area contributed by atoms with E-state index in [0.717, 1.165) is 41.2 Å². The summed E-state index contributed by atoms with van der Waals surface area (Å²) < 4.78 is 13.9. The van der Waals surface area contributed by atoms with Gasteiger partial charge in [-0.15, -0.1) is 0 Å². The van der Waals surface area contributed by atoms with E-state index in [2.05, 4.69) is 41.1 Å². The number of H-pyrrole nitrogens is 1. The third kappa shape index (κ3) is 7.27. The molecular weight excluding hydrogens is 509 g/mol. The van der Waals surface area contributed by atoms with Crippen LogP contribution in [-0.4, -0.2) is 28.0 Å². The zero-order valence-corrected chi connectivity index (χ0v) is 24.1. The number of nitrogens with two attached hydrogens (primary N) is 1. The fourth-order valence-corrected chi connectivity index (χ4v) is 5.19. The van der Waals surface area contributed by atoms with Gasteiger partial charge in [0.1, 0.15) is 17.2 Å². The molecule has 1 aromatic carbocycles. The second-order valence-electron chi connectivity index (χ2n) is 10.4. The molecule has 5 nitrogen and oxygen atoms in total. The van der Waals surface area contributed by atoms with E-state index in [-0.39, 0.29) is 5.82 Å². The molecule has 0 amide bonds. The van der Waals surface area contributed by atoms with E-state index in [9.17, 15) is 4.39 Å². The van der Waals surface area contributed by atoms with Gasteiger partial charge in [0, 0.05) is 35.1 Å². The summed E-state index contributed by atoms with van der Waals surface area (Å²) in [6.07, 6.45) is 16.8. The Morgan fingerprint density at radius 2 is 1.93 bits per heavy atom. The van der Waals surface area contributed by atoms with Crippen molar-refractivity contribution in [1.29, 1.82) is 0 Å². The highest BCUT2D eigenvalue weighted by molar-refractivity contribution is 5.92. The summed E-state index contributed by atoms with van der Waals surface area (Å²) in [5.74, 6) is 0.996. The smallest absolute Gasteiger partial charge is 0.138 e. The number of hydrogen-bond donors (Lipinski definition) is 3. The molecule has 4 N–H and O–H groups in total. The number of nitrogens with zero attached hydrogens (tertiary/aromatic N) is 2. The molecule has 0 radical (unpaired) electrons. The number of rotatable bonds is 12. The van der Waals surface area contributed by atoms with E-state index in [0.29, 0.717) is 39.4 Å². The first kappa shape index (κ1) is 29.7. The van der Waals surface area contributed by atoms with Crippen LogP contribution in [0.4, 0.5) is 4.39 Å². The van der Waals surface area contributed by atoms with E-state index in [1.54, 1.807) is 12.3 Å². The van der Waals surface area contributed by atoms with E-state index in [1.807, 2.05) is 50.3 Å². The number of pyridine rings is 1. The largest absolute Gasteiger partial charge is 0.398 e. The minimum absolute atomic E-state index is 0.330. The number of halogens is 1. The second kappa shape index (κ2) is 13.9. The molecule has 1 fully saturated rings. The van der Waals surface area contributed by atoms with Crippen molar-refractivity contribution in [3.63, 3.8) is 0 Å². The maximum absolute atomic E-state index is 13.9. The number of benzene rings is 1. The van der Waals surface area contributed by atoms with Gasteiger partial charge in [-0.1, -0.05) is 69.0 Å². The third-order valence-corrected chi connectivity index (χ3v) is 7.57. The second-order valence-corrected chi connectivity index (χ2v) is 10.4. The van der Waals surface area contributed by atoms with Gasteiger partial charge in [-0.25, -0.2) is 9.37 Å². The number of aromatic amines is 1. The predicted molar refractivity (Wildman–Crippen MR) is 170 cm³/mol. The summed E-state index contributed by atoms with van der Waals surface area (Å²) in [6, 6.07) is 8.17. The van der Waals surface area contributed by atoms with Gasteiger partial charge in [0.2, 0.25) is 0 Å². The summed E-state index contributed by atoms with van der Waals surface area (Å²) in [7, 11) is 0. The number of allylic oxidation sites excluding steroid dienone is 7. The molecule has 1 saturated carbocycles. The molecule has 1 aliphatic rings. The SMILES string of the molecule is C=C/C(=C\C(=C/C)C(=C)/C=C(C(=C)c1nc2c(-c3cccc(F)c3)nccc2[nH]1)\C(N)=C/C)CNCC1CCCC1. The van der Waals surface area contributed by atoms with Crippen LogP contribution >= 0.6 is 0 Å². The lowest BCUT2D eigenvalue weighted by molar-refractivity contribution is 0.503. The molecule has 2 aromatic heterocycles. The number of nitrogens with one attached hydrogen (secondary N) is 2. The lowest BCUT2D eigenvalue weighted by Gasteiger charge is -2.13. The summed E-state index contributed by atoms with van der Waals surface area (Å²) in [6.45, 7) is 18.4. The Balaban J connectivity index is 1.60. The zero-order valence-electron chi connectivity index (χ0n) is 24.1. The quantitative estimate of drug-likeness (QED) is 0.200. The lowest BCUT2D eigenvalue weighted by atomic mass is 9.96. The topological polar surface area (TPSA) is 79.6 Å². The van der Waals surface area contributed by atoms with E-state index in [4.69, 9.17) is 10.7 Å². The van der Waals surface area contributed by atoms with Crippen molar-refractivity contribution >= 4 is 16.6 Å². The van der Waals surface area contributed by atoms with E-state index >= 15 is 0 Å². The van der Waals surface area contributed by atoms with Crippen molar-refractivity contribution in [2.75, 3.05) is 13.1 Å². The normalized spacial score (nSPS) is 15.5. The first-order chi connectivity index (χ1) is 19.8. The monoisotopic (exact) mass is 549 g/mol. The van der Waals surface area contributed by atoms with Gasteiger partial charge < -0.3 is 16.0 Å². The number of fused-ring (bicyclic) bond motifs is 1. The minimum atomic E-state index is -0.330. The van der Waals surface area contributed by atoms with Crippen LogP contribution in [-0.2, 0) is 0 Å². The van der Waals surface area contributed by atoms with Crippen molar-refractivity contribution < 1.29 is 4.39 Å². The molecule has 0 bridgehead atoms. The molecular formula is C35H40FN5. The molecule has 1 aliphatic carbocycles. The Hall–Kier alpha value is -4.29. The first-order valence-electron chi connectivity index (χ1n) is 14.2. The average molecular weight is 550 g/mol. The minimum Gasteiger partial charge on any atom is -0.398 e. The Morgan fingerprint density at radius 3 is 2.61 bits per heavy atom. The molecule has 0 aliphatic heterocycles. The number of hydrogen-bond acceptors (Lipinski definition) is 4. The summed E-state index contributed by atoms with van der Waals surface area (Å²) >= 11 is 0. The highest BCUT2D eigenvalue weighted by Gasteiger charge is 2.17. The van der Waals surface area contributed by atoms with Crippen LogP contribution in [0.1, 0.15) is 45.4 Å². The Kier molecular flexibility index (Phi) is 10.0.